The van der Waals surface area contributed by atoms with Gasteiger partial charge in [-0.1, -0.05) is 19.9 Å². The number of pyridine rings is 1. The summed E-state index contributed by atoms with van der Waals surface area (Å²) >= 11 is 0. The first-order valence-corrected chi connectivity index (χ1v) is 7.16. The molecule has 1 atom stereocenters. The maximum atomic E-state index is 6.21. The van der Waals surface area contributed by atoms with Gasteiger partial charge in [0.2, 0.25) is 0 Å². The second-order valence-electron chi connectivity index (χ2n) is 5.62. The minimum atomic E-state index is 0.102. The Morgan fingerprint density at radius 2 is 2.20 bits per heavy atom. The number of aryl methyl sites for hydroxylation is 1. The summed E-state index contributed by atoms with van der Waals surface area (Å²) in [5.74, 6) is 1.54. The van der Waals surface area contributed by atoms with Crippen LogP contribution in [-0.4, -0.2) is 25.8 Å². The number of aromatic nitrogens is 4. The van der Waals surface area contributed by atoms with E-state index in [4.69, 9.17) is 5.73 Å². The molecule has 20 heavy (non-hydrogen) atoms. The summed E-state index contributed by atoms with van der Waals surface area (Å²) < 4.78 is 1.97. The first-order chi connectivity index (χ1) is 9.65. The first kappa shape index (κ1) is 14.7. The van der Waals surface area contributed by atoms with Crippen molar-refractivity contribution in [1.29, 1.82) is 0 Å². The molecule has 2 aromatic heterocycles. The van der Waals surface area contributed by atoms with Crippen molar-refractivity contribution >= 4 is 0 Å². The summed E-state index contributed by atoms with van der Waals surface area (Å²) in [4.78, 5) is 8.44. The maximum Gasteiger partial charge on any atom is 0.138 e. The molecule has 0 aliphatic rings. The van der Waals surface area contributed by atoms with Crippen LogP contribution in [0.1, 0.15) is 31.7 Å². The summed E-state index contributed by atoms with van der Waals surface area (Å²) in [7, 11) is 0. The molecule has 0 aliphatic heterocycles. The zero-order chi connectivity index (χ0) is 14.4. The molecule has 0 amide bonds. The molecule has 5 heteroatoms. The number of rotatable bonds is 7. The Balaban J connectivity index is 1.85. The van der Waals surface area contributed by atoms with Gasteiger partial charge in [0, 0.05) is 31.4 Å². The van der Waals surface area contributed by atoms with Gasteiger partial charge in [0.05, 0.1) is 0 Å². The van der Waals surface area contributed by atoms with E-state index in [-0.39, 0.29) is 6.04 Å². The predicted octanol–water partition coefficient (Wildman–Crippen LogP) is 1.83. The molecule has 0 bridgehead atoms. The second-order valence-corrected chi connectivity index (χ2v) is 5.62. The van der Waals surface area contributed by atoms with Crippen LogP contribution in [0.25, 0.3) is 0 Å². The smallest absolute Gasteiger partial charge is 0.138 e. The lowest BCUT2D eigenvalue weighted by Gasteiger charge is -2.13. The molecular weight excluding hydrogens is 250 g/mol. The van der Waals surface area contributed by atoms with Gasteiger partial charge in [-0.15, -0.1) is 0 Å². The van der Waals surface area contributed by atoms with E-state index in [1.807, 2.05) is 16.9 Å². The lowest BCUT2D eigenvalue weighted by atomic mass is 10.0. The summed E-state index contributed by atoms with van der Waals surface area (Å²) in [6.07, 6.45) is 7.96. The summed E-state index contributed by atoms with van der Waals surface area (Å²) in [6, 6.07) is 4.14. The first-order valence-electron chi connectivity index (χ1n) is 7.16. The summed E-state index contributed by atoms with van der Waals surface area (Å²) in [6.45, 7) is 5.24. The maximum absolute atomic E-state index is 6.21. The van der Waals surface area contributed by atoms with Crippen LogP contribution in [0.4, 0.5) is 0 Å². The van der Waals surface area contributed by atoms with E-state index in [0.29, 0.717) is 5.92 Å². The normalized spacial score (nSPS) is 12.8. The standard InChI is InChI=1S/C15H23N5/c1-12(2)10-20-15(18-11-19-20)8-14(16)6-5-13-4-3-7-17-9-13/h3-4,7,9,11-12,14H,5-6,8,10,16H2,1-2H3. The van der Waals surface area contributed by atoms with E-state index in [1.54, 1.807) is 12.5 Å². The van der Waals surface area contributed by atoms with Crippen molar-refractivity contribution in [3.63, 3.8) is 0 Å². The van der Waals surface area contributed by atoms with Crippen LogP contribution in [0.3, 0.4) is 0 Å². The van der Waals surface area contributed by atoms with Gasteiger partial charge in [-0.2, -0.15) is 5.10 Å². The van der Waals surface area contributed by atoms with Crippen LogP contribution in [0.5, 0.6) is 0 Å². The van der Waals surface area contributed by atoms with Crippen LogP contribution in [0, 0.1) is 5.92 Å². The van der Waals surface area contributed by atoms with Gasteiger partial charge < -0.3 is 5.73 Å². The second kappa shape index (κ2) is 7.14. The Labute approximate surface area is 120 Å². The number of nitrogens with two attached hydrogens (primary N) is 1. The SMILES string of the molecule is CC(C)Cn1ncnc1CC(N)CCc1cccnc1. The van der Waals surface area contributed by atoms with E-state index in [1.165, 1.54) is 5.56 Å². The molecule has 1 unspecified atom stereocenters. The van der Waals surface area contributed by atoms with E-state index in [2.05, 4.69) is 35.0 Å². The van der Waals surface area contributed by atoms with Gasteiger partial charge in [-0.05, 0) is 30.4 Å². The lowest BCUT2D eigenvalue weighted by molar-refractivity contribution is 0.455. The third-order valence-corrected chi connectivity index (χ3v) is 3.21. The monoisotopic (exact) mass is 273 g/mol. The zero-order valence-electron chi connectivity index (χ0n) is 12.2. The molecular formula is C15H23N5. The Hall–Kier alpha value is -1.75. The molecule has 108 valence electrons. The molecule has 2 aromatic rings. The Morgan fingerprint density at radius 3 is 2.90 bits per heavy atom. The Kier molecular flexibility index (Phi) is 5.24. The minimum Gasteiger partial charge on any atom is -0.327 e. The average molecular weight is 273 g/mol. The fourth-order valence-electron chi connectivity index (χ4n) is 2.18. The predicted molar refractivity (Wildman–Crippen MR) is 79.1 cm³/mol. The molecule has 0 saturated heterocycles. The van der Waals surface area contributed by atoms with Crippen molar-refractivity contribution in [2.75, 3.05) is 0 Å². The molecule has 5 nitrogen and oxygen atoms in total. The van der Waals surface area contributed by atoms with Gasteiger partial charge in [0.15, 0.2) is 0 Å². The highest BCUT2D eigenvalue weighted by atomic mass is 15.3. The van der Waals surface area contributed by atoms with Crippen LogP contribution in [0.15, 0.2) is 30.9 Å². The van der Waals surface area contributed by atoms with Crippen molar-refractivity contribution in [1.82, 2.24) is 19.7 Å². The largest absolute Gasteiger partial charge is 0.327 e. The van der Waals surface area contributed by atoms with Crippen LogP contribution in [0.2, 0.25) is 0 Å². The van der Waals surface area contributed by atoms with Crippen molar-refractivity contribution < 1.29 is 0 Å². The van der Waals surface area contributed by atoms with Gasteiger partial charge in [-0.3, -0.25) is 4.98 Å². The molecule has 0 spiro atoms. The van der Waals surface area contributed by atoms with Gasteiger partial charge in [0.1, 0.15) is 12.2 Å². The van der Waals surface area contributed by atoms with Crippen LogP contribution < -0.4 is 5.73 Å². The van der Waals surface area contributed by atoms with Crippen molar-refractivity contribution in [2.24, 2.45) is 11.7 Å². The fourth-order valence-corrected chi connectivity index (χ4v) is 2.18. The highest BCUT2D eigenvalue weighted by Crippen LogP contribution is 2.08. The van der Waals surface area contributed by atoms with E-state index in [0.717, 1.165) is 31.6 Å². The molecule has 2 N–H and O–H groups in total. The topological polar surface area (TPSA) is 69.6 Å². The quantitative estimate of drug-likeness (QED) is 0.835. The van der Waals surface area contributed by atoms with Crippen molar-refractivity contribution in [3.8, 4) is 0 Å². The lowest BCUT2D eigenvalue weighted by Crippen LogP contribution is -2.26. The minimum absolute atomic E-state index is 0.102. The average Bonchev–Trinajstić information content (AvgIpc) is 2.84. The zero-order valence-corrected chi connectivity index (χ0v) is 12.2. The molecule has 0 aromatic carbocycles. The van der Waals surface area contributed by atoms with Crippen molar-refractivity contribution in [2.45, 2.75) is 45.7 Å². The summed E-state index contributed by atoms with van der Waals surface area (Å²) in [5, 5.41) is 4.27. The van der Waals surface area contributed by atoms with Crippen molar-refractivity contribution in [3.05, 3.63) is 42.2 Å². The third-order valence-electron chi connectivity index (χ3n) is 3.21. The molecule has 0 radical (unpaired) electrons. The van der Waals surface area contributed by atoms with E-state index < -0.39 is 0 Å². The fraction of sp³-hybridized carbons (Fsp3) is 0.533. The Morgan fingerprint density at radius 1 is 1.35 bits per heavy atom. The van der Waals surface area contributed by atoms with Gasteiger partial charge in [-0.25, -0.2) is 9.67 Å². The number of hydrogen-bond donors (Lipinski definition) is 1. The van der Waals surface area contributed by atoms with E-state index >= 15 is 0 Å². The summed E-state index contributed by atoms with van der Waals surface area (Å²) in [5.41, 5.74) is 7.44. The molecule has 0 aliphatic carbocycles. The van der Waals surface area contributed by atoms with Crippen LogP contribution in [-0.2, 0) is 19.4 Å². The Bertz CT molecular complexity index is 506. The molecule has 2 heterocycles. The molecule has 0 saturated carbocycles. The number of hydrogen-bond acceptors (Lipinski definition) is 4. The van der Waals surface area contributed by atoms with Gasteiger partial charge in [0.25, 0.3) is 0 Å². The van der Waals surface area contributed by atoms with Crippen LogP contribution >= 0.6 is 0 Å². The third kappa shape index (κ3) is 4.42. The molecule has 2 rings (SSSR count). The highest BCUT2D eigenvalue weighted by molar-refractivity contribution is 5.08. The molecule has 0 fully saturated rings. The van der Waals surface area contributed by atoms with Gasteiger partial charge >= 0.3 is 0 Å². The highest BCUT2D eigenvalue weighted by Gasteiger charge is 2.11. The number of nitrogens with zero attached hydrogens (tertiary/aromatic N) is 4. The van der Waals surface area contributed by atoms with E-state index in [9.17, 15) is 0 Å².